The number of hydrogen-bond donors (Lipinski definition) is 1. The van der Waals surface area contributed by atoms with Gasteiger partial charge in [-0.2, -0.15) is 5.10 Å². The van der Waals surface area contributed by atoms with Crippen LogP contribution in [0.4, 0.5) is 0 Å². The predicted molar refractivity (Wildman–Crippen MR) is 66.0 cm³/mol. The van der Waals surface area contributed by atoms with Crippen LogP contribution in [0.5, 0.6) is 0 Å². The van der Waals surface area contributed by atoms with Crippen molar-refractivity contribution in [3.63, 3.8) is 0 Å². The van der Waals surface area contributed by atoms with Gasteiger partial charge in [-0.3, -0.25) is 14.3 Å². The van der Waals surface area contributed by atoms with E-state index in [9.17, 15) is 9.59 Å². The number of aliphatic carboxylic acids is 1. The van der Waals surface area contributed by atoms with Gasteiger partial charge in [0.1, 0.15) is 6.54 Å². The third-order valence-corrected chi connectivity index (χ3v) is 2.69. The number of carboxylic acid groups (broad SMARTS) is 1. The zero-order chi connectivity index (χ0) is 13.5. The second kappa shape index (κ2) is 6.78. The summed E-state index contributed by atoms with van der Waals surface area (Å²) in [5.41, 5.74) is 0.968. The second-order valence-electron chi connectivity index (χ2n) is 4.16. The number of rotatable bonds is 7. The van der Waals surface area contributed by atoms with Gasteiger partial charge in [0.05, 0.1) is 0 Å². The predicted octanol–water partition coefficient (Wildman–Crippen LogP) is 0.676. The summed E-state index contributed by atoms with van der Waals surface area (Å²) in [5, 5.41) is 12.8. The third-order valence-electron chi connectivity index (χ3n) is 2.69. The molecule has 0 aliphatic rings. The molecular weight excluding hydrogens is 234 g/mol. The van der Waals surface area contributed by atoms with E-state index in [2.05, 4.69) is 5.10 Å². The lowest BCUT2D eigenvalue weighted by molar-refractivity contribution is -0.144. The van der Waals surface area contributed by atoms with Crippen molar-refractivity contribution in [1.29, 1.82) is 0 Å². The first-order valence-corrected chi connectivity index (χ1v) is 6.01. The van der Waals surface area contributed by atoms with Gasteiger partial charge >= 0.3 is 5.97 Å². The van der Waals surface area contributed by atoms with E-state index in [1.165, 1.54) is 4.90 Å². The van der Waals surface area contributed by atoms with Crippen molar-refractivity contribution in [1.82, 2.24) is 14.7 Å². The molecule has 1 N–H and O–H groups in total. The number of hydrogen-bond acceptors (Lipinski definition) is 3. The van der Waals surface area contributed by atoms with Crippen molar-refractivity contribution < 1.29 is 14.7 Å². The lowest BCUT2D eigenvalue weighted by Crippen LogP contribution is -2.36. The maximum Gasteiger partial charge on any atom is 0.323 e. The molecule has 1 amide bonds. The van der Waals surface area contributed by atoms with Crippen LogP contribution in [0.25, 0.3) is 0 Å². The molecule has 0 spiro atoms. The van der Waals surface area contributed by atoms with Crippen molar-refractivity contribution in [3.05, 3.63) is 18.0 Å². The van der Waals surface area contributed by atoms with Crippen molar-refractivity contribution >= 4 is 11.9 Å². The number of carbonyl (C=O) groups is 2. The molecule has 0 fully saturated rings. The smallest absolute Gasteiger partial charge is 0.323 e. The molecule has 0 atom stereocenters. The molecule has 0 aliphatic carbocycles. The van der Waals surface area contributed by atoms with Gasteiger partial charge in [0.2, 0.25) is 5.91 Å². The molecule has 1 heterocycles. The van der Waals surface area contributed by atoms with E-state index in [0.29, 0.717) is 19.4 Å². The number of aryl methyl sites for hydroxylation is 2. The first-order chi connectivity index (χ1) is 8.54. The standard InChI is InChI=1S/C12H19N3O3/c1-3-8-15(9-12(17)18)11(16)5-4-10-6-7-13-14(10)2/h6-7H,3-5,8-9H2,1-2H3,(H,17,18). The zero-order valence-electron chi connectivity index (χ0n) is 10.8. The van der Waals surface area contributed by atoms with Crippen LogP contribution in [0.1, 0.15) is 25.5 Å². The van der Waals surface area contributed by atoms with Crippen molar-refractivity contribution in [3.8, 4) is 0 Å². The Labute approximate surface area is 106 Å². The molecule has 100 valence electrons. The fraction of sp³-hybridized carbons (Fsp3) is 0.583. The summed E-state index contributed by atoms with van der Waals surface area (Å²) in [7, 11) is 1.82. The molecule has 0 saturated heterocycles. The van der Waals surface area contributed by atoms with E-state index in [1.54, 1.807) is 10.9 Å². The lowest BCUT2D eigenvalue weighted by Gasteiger charge is -2.19. The average Bonchev–Trinajstić information content (AvgIpc) is 2.70. The highest BCUT2D eigenvalue weighted by Gasteiger charge is 2.16. The Morgan fingerprint density at radius 1 is 1.50 bits per heavy atom. The largest absolute Gasteiger partial charge is 0.480 e. The summed E-state index contributed by atoms with van der Waals surface area (Å²) in [4.78, 5) is 24.0. The SMILES string of the molecule is CCCN(CC(=O)O)C(=O)CCc1ccnn1C. The number of carboxylic acids is 1. The number of amides is 1. The molecule has 1 aromatic heterocycles. The molecule has 6 nitrogen and oxygen atoms in total. The average molecular weight is 253 g/mol. The number of nitrogens with zero attached hydrogens (tertiary/aromatic N) is 3. The van der Waals surface area contributed by atoms with Crippen molar-refractivity contribution in [2.75, 3.05) is 13.1 Å². The van der Waals surface area contributed by atoms with E-state index in [1.807, 2.05) is 20.0 Å². The molecule has 6 heteroatoms. The summed E-state index contributed by atoms with van der Waals surface area (Å²) in [5.74, 6) is -1.10. The molecule has 0 aromatic carbocycles. The van der Waals surface area contributed by atoms with Gasteiger partial charge in [-0.05, 0) is 18.9 Å². The van der Waals surface area contributed by atoms with Crippen molar-refractivity contribution in [2.24, 2.45) is 7.05 Å². The van der Waals surface area contributed by atoms with Crippen LogP contribution >= 0.6 is 0 Å². The lowest BCUT2D eigenvalue weighted by atomic mass is 10.2. The monoisotopic (exact) mass is 253 g/mol. The van der Waals surface area contributed by atoms with Gasteiger partial charge in [0.15, 0.2) is 0 Å². The van der Waals surface area contributed by atoms with Gasteiger partial charge in [0.25, 0.3) is 0 Å². The van der Waals surface area contributed by atoms with Crippen molar-refractivity contribution in [2.45, 2.75) is 26.2 Å². The van der Waals surface area contributed by atoms with E-state index in [-0.39, 0.29) is 12.5 Å². The maximum atomic E-state index is 11.9. The Kier molecular flexibility index (Phi) is 5.35. The van der Waals surface area contributed by atoms with Gasteiger partial charge in [-0.1, -0.05) is 6.92 Å². The topological polar surface area (TPSA) is 75.4 Å². The Balaban J connectivity index is 2.51. The highest BCUT2D eigenvalue weighted by molar-refractivity contribution is 5.81. The molecule has 0 saturated carbocycles. The van der Waals surface area contributed by atoms with Crippen LogP contribution < -0.4 is 0 Å². The van der Waals surface area contributed by atoms with Crippen LogP contribution in [-0.2, 0) is 23.1 Å². The second-order valence-corrected chi connectivity index (χ2v) is 4.16. The first-order valence-electron chi connectivity index (χ1n) is 6.01. The summed E-state index contributed by atoms with van der Waals surface area (Å²) in [6, 6.07) is 1.86. The molecule has 18 heavy (non-hydrogen) atoms. The van der Waals surface area contributed by atoms with Crippen LogP contribution in [0, 0.1) is 0 Å². The van der Waals surface area contributed by atoms with Gasteiger partial charge in [0, 0.05) is 31.9 Å². The fourth-order valence-electron chi connectivity index (χ4n) is 1.76. The van der Waals surface area contributed by atoms with Crippen LogP contribution in [0.2, 0.25) is 0 Å². The van der Waals surface area contributed by atoms with Gasteiger partial charge < -0.3 is 10.0 Å². The van der Waals surface area contributed by atoms with Crippen LogP contribution in [0.15, 0.2) is 12.3 Å². The normalized spacial score (nSPS) is 10.3. The van der Waals surface area contributed by atoms with Crippen LogP contribution in [0.3, 0.4) is 0 Å². The van der Waals surface area contributed by atoms with E-state index < -0.39 is 5.97 Å². The maximum absolute atomic E-state index is 11.9. The summed E-state index contributed by atoms with van der Waals surface area (Å²) in [6.45, 7) is 2.18. The molecule has 0 aliphatic heterocycles. The molecule has 1 rings (SSSR count). The Hall–Kier alpha value is -1.85. The summed E-state index contributed by atoms with van der Waals surface area (Å²) in [6.07, 6.45) is 3.33. The van der Waals surface area contributed by atoms with Gasteiger partial charge in [-0.15, -0.1) is 0 Å². The highest BCUT2D eigenvalue weighted by atomic mass is 16.4. The Bertz CT molecular complexity index is 414. The first kappa shape index (κ1) is 14.2. The summed E-state index contributed by atoms with van der Waals surface area (Å²) < 4.78 is 1.72. The quantitative estimate of drug-likeness (QED) is 0.775. The minimum Gasteiger partial charge on any atom is -0.480 e. The molecule has 1 aromatic rings. The minimum absolute atomic E-state index is 0.125. The van der Waals surface area contributed by atoms with E-state index in [4.69, 9.17) is 5.11 Å². The number of aromatic nitrogens is 2. The molecular formula is C12H19N3O3. The Morgan fingerprint density at radius 2 is 2.22 bits per heavy atom. The third kappa shape index (κ3) is 4.20. The molecule has 0 radical (unpaired) electrons. The minimum atomic E-state index is -0.975. The molecule has 0 bridgehead atoms. The highest BCUT2D eigenvalue weighted by Crippen LogP contribution is 2.04. The summed E-state index contributed by atoms with van der Waals surface area (Å²) >= 11 is 0. The van der Waals surface area contributed by atoms with E-state index in [0.717, 1.165) is 12.1 Å². The van der Waals surface area contributed by atoms with Crippen LogP contribution in [-0.4, -0.2) is 44.8 Å². The zero-order valence-corrected chi connectivity index (χ0v) is 10.8. The molecule has 0 unspecified atom stereocenters. The van der Waals surface area contributed by atoms with E-state index >= 15 is 0 Å². The number of carbonyl (C=O) groups excluding carboxylic acids is 1. The Morgan fingerprint density at radius 3 is 2.72 bits per heavy atom. The van der Waals surface area contributed by atoms with Gasteiger partial charge in [-0.25, -0.2) is 0 Å². The fourth-order valence-corrected chi connectivity index (χ4v) is 1.76.